The van der Waals surface area contributed by atoms with E-state index in [-0.39, 0.29) is 24.7 Å². The zero-order valence-electron chi connectivity index (χ0n) is 15.3. The summed E-state index contributed by atoms with van der Waals surface area (Å²) in [6.45, 7) is 1.91. The third-order valence-electron chi connectivity index (χ3n) is 6.35. The summed E-state index contributed by atoms with van der Waals surface area (Å²) in [6.07, 6.45) is 3.47. The van der Waals surface area contributed by atoms with E-state index in [4.69, 9.17) is 0 Å². The first kappa shape index (κ1) is 17.9. The molecule has 6 nitrogen and oxygen atoms in total. The first-order valence-corrected chi connectivity index (χ1v) is 9.57. The van der Waals surface area contributed by atoms with Crippen molar-refractivity contribution in [1.82, 2.24) is 16.0 Å². The molecule has 144 valence electrons. The number of carbonyl (C=O) groups is 3. The average molecular weight is 373 g/mol. The Morgan fingerprint density at radius 3 is 2.48 bits per heavy atom. The van der Waals surface area contributed by atoms with Crippen LogP contribution < -0.4 is 16.0 Å². The number of nitrogens with one attached hydrogen (secondary N) is 3. The van der Waals surface area contributed by atoms with Crippen LogP contribution in [0.25, 0.3) is 0 Å². The second-order valence-electron chi connectivity index (χ2n) is 8.01. The summed E-state index contributed by atoms with van der Waals surface area (Å²) in [5.41, 5.74) is 0.689. The molecule has 2 bridgehead atoms. The Labute approximate surface area is 157 Å². The number of carbonyl (C=O) groups excluding carboxylic acids is 3. The zero-order valence-corrected chi connectivity index (χ0v) is 15.3. The fourth-order valence-corrected chi connectivity index (χ4v) is 4.87. The highest BCUT2D eigenvalue weighted by Crippen LogP contribution is 2.65. The van der Waals surface area contributed by atoms with Crippen molar-refractivity contribution >= 4 is 17.7 Å². The molecule has 0 aromatic heterocycles. The molecular weight excluding hydrogens is 349 g/mol. The maximum atomic E-state index is 13.5. The van der Waals surface area contributed by atoms with E-state index in [1.165, 1.54) is 25.0 Å². The van der Waals surface area contributed by atoms with Gasteiger partial charge in [0.05, 0.1) is 0 Å². The lowest BCUT2D eigenvalue weighted by atomic mass is 9.95. The summed E-state index contributed by atoms with van der Waals surface area (Å²) < 4.78 is 13.5. The molecule has 3 N–H and O–H groups in total. The number of hydrogen-bond acceptors (Lipinski definition) is 3. The van der Waals surface area contributed by atoms with E-state index in [2.05, 4.69) is 16.0 Å². The van der Waals surface area contributed by atoms with Gasteiger partial charge in [-0.05, 0) is 67.6 Å². The van der Waals surface area contributed by atoms with Gasteiger partial charge in [0.25, 0.3) is 5.91 Å². The molecule has 0 spiro atoms. The van der Waals surface area contributed by atoms with Crippen molar-refractivity contribution in [2.45, 2.75) is 32.2 Å². The molecule has 3 saturated carbocycles. The Morgan fingerprint density at radius 1 is 1.00 bits per heavy atom. The van der Waals surface area contributed by atoms with Gasteiger partial charge in [0, 0.05) is 24.7 Å². The molecular formula is C20H24FN3O3. The third-order valence-corrected chi connectivity index (χ3v) is 6.35. The van der Waals surface area contributed by atoms with Crippen LogP contribution in [-0.4, -0.2) is 36.9 Å². The fourth-order valence-electron chi connectivity index (χ4n) is 4.87. The van der Waals surface area contributed by atoms with Gasteiger partial charge in [-0.15, -0.1) is 0 Å². The van der Waals surface area contributed by atoms with Gasteiger partial charge in [-0.25, -0.2) is 4.39 Å². The number of hydrogen-bond donors (Lipinski definition) is 3. The summed E-state index contributed by atoms with van der Waals surface area (Å²) in [4.78, 5) is 36.0. The highest BCUT2D eigenvalue weighted by molar-refractivity contribution is 6.35. The molecule has 3 aliphatic carbocycles. The van der Waals surface area contributed by atoms with E-state index >= 15 is 0 Å². The molecule has 1 aromatic carbocycles. The lowest BCUT2D eigenvalue weighted by Gasteiger charge is -2.22. The standard InChI is InChI=1S/C20H24FN3O3/c1-10-2-3-11(7-16(10)21)18(25)22-4-5-23-19(26)20(27)24-17-8-12-6-15(17)14-9-13(12)14/h2-3,7,12-15,17H,4-6,8-9H2,1H3,(H,22,25)(H,23,26)(H,24,27). The molecule has 4 rings (SSSR count). The smallest absolute Gasteiger partial charge is 0.309 e. The molecule has 3 fully saturated rings. The monoisotopic (exact) mass is 373 g/mol. The SMILES string of the molecule is Cc1ccc(C(=O)NCCNC(=O)C(=O)NC2CC3CC2C2CC32)cc1F. The third kappa shape index (κ3) is 3.55. The fraction of sp³-hybridized carbons (Fsp3) is 0.550. The Hall–Kier alpha value is -2.44. The zero-order chi connectivity index (χ0) is 19.1. The molecule has 7 heteroatoms. The predicted octanol–water partition coefficient (Wildman–Crippen LogP) is 1.14. The molecule has 3 amide bonds. The molecule has 1 aromatic rings. The number of benzene rings is 1. The number of aryl methyl sites for hydroxylation is 1. The van der Waals surface area contributed by atoms with Gasteiger partial charge in [0.15, 0.2) is 0 Å². The van der Waals surface area contributed by atoms with Crippen LogP contribution >= 0.6 is 0 Å². The van der Waals surface area contributed by atoms with Crippen LogP contribution in [0.3, 0.4) is 0 Å². The lowest BCUT2D eigenvalue weighted by Crippen LogP contribution is -2.48. The van der Waals surface area contributed by atoms with Crippen LogP contribution in [0.1, 0.15) is 35.2 Å². The average Bonchev–Trinajstić information content (AvgIpc) is 3.26. The Bertz CT molecular complexity index is 797. The van der Waals surface area contributed by atoms with E-state index in [1.807, 2.05) is 0 Å². The molecule has 0 saturated heterocycles. The number of rotatable bonds is 5. The van der Waals surface area contributed by atoms with E-state index in [0.29, 0.717) is 11.5 Å². The Kier molecular flexibility index (Phi) is 4.61. The van der Waals surface area contributed by atoms with Gasteiger partial charge in [-0.3, -0.25) is 14.4 Å². The topological polar surface area (TPSA) is 87.3 Å². The Morgan fingerprint density at radius 2 is 1.78 bits per heavy atom. The van der Waals surface area contributed by atoms with Gasteiger partial charge in [-0.2, -0.15) is 0 Å². The summed E-state index contributed by atoms with van der Waals surface area (Å²) in [5.74, 6) is 0.777. The van der Waals surface area contributed by atoms with Crippen LogP contribution in [0, 0.1) is 36.4 Å². The highest BCUT2D eigenvalue weighted by atomic mass is 19.1. The normalized spacial score (nSPS) is 29.8. The maximum absolute atomic E-state index is 13.5. The predicted molar refractivity (Wildman–Crippen MR) is 96.2 cm³/mol. The number of fused-ring (bicyclic) bond motifs is 5. The second kappa shape index (κ2) is 6.94. The minimum Gasteiger partial charge on any atom is -0.350 e. The minimum absolute atomic E-state index is 0.133. The van der Waals surface area contributed by atoms with E-state index in [9.17, 15) is 18.8 Å². The van der Waals surface area contributed by atoms with Gasteiger partial charge in [0.2, 0.25) is 0 Å². The van der Waals surface area contributed by atoms with Crippen molar-refractivity contribution < 1.29 is 18.8 Å². The second-order valence-corrected chi connectivity index (χ2v) is 8.01. The van der Waals surface area contributed by atoms with Crippen LogP contribution in [0.2, 0.25) is 0 Å². The van der Waals surface area contributed by atoms with Crippen molar-refractivity contribution in [3.63, 3.8) is 0 Å². The summed E-state index contributed by atoms with van der Waals surface area (Å²) in [7, 11) is 0. The maximum Gasteiger partial charge on any atom is 0.309 e. The quantitative estimate of drug-likeness (QED) is 0.534. The molecule has 0 heterocycles. The van der Waals surface area contributed by atoms with E-state index < -0.39 is 23.5 Å². The Balaban J connectivity index is 1.16. The van der Waals surface area contributed by atoms with Gasteiger partial charge in [0.1, 0.15) is 5.82 Å². The van der Waals surface area contributed by atoms with Crippen LogP contribution in [0.4, 0.5) is 4.39 Å². The summed E-state index contributed by atoms with van der Waals surface area (Å²) >= 11 is 0. The molecule has 5 unspecified atom stereocenters. The van der Waals surface area contributed by atoms with Crippen molar-refractivity contribution in [3.8, 4) is 0 Å². The van der Waals surface area contributed by atoms with Gasteiger partial charge >= 0.3 is 11.8 Å². The van der Waals surface area contributed by atoms with Crippen LogP contribution in [0.5, 0.6) is 0 Å². The minimum atomic E-state index is -0.680. The van der Waals surface area contributed by atoms with E-state index in [0.717, 1.165) is 24.2 Å². The first-order valence-electron chi connectivity index (χ1n) is 9.57. The molecule has 3 aliphatic rings. The number of amides is 3. The summed E-state index contributed by atoms with van der Waals surface area (Å²) in [6, 6.07) is 4.39. The van der Waals surface area contributed by atoms with Crippen LogP contribution in [0.15, 0.2) is 18.2 Å². The molecule has 0 aliphatic heterocycles. The summed E-state index contributed by atoms with van der Waals surface area (Å²) in [5, 5.41) is 7.98. The lowest BCUT2D eigenvalue weighted by molar-refractivity contribution is -0.139. The highest BCUT2D eigenvalue weighted by Gasteiger charge is 2.61. The first-order chi connectivity index (χ1) is 12.9. The van der Waals surface area contributed by atoms with Gasteiger partial charge < -0.3 is 16.0 Å². The van der Waals surface area contributed by atoms with Crippen molar-refractivity contribution in [2.24, 2.45) is 23.7 Å². The molecule has 27 heavy (non-hydrogen) atoms. The van der Waals surface area contributed by atoms with Gasteiger partial charge in [-0.1, -0.05) is 6.07 Å². The van der Waals surface area contributed by atoms with Crippen molar-refractivity contribution in [1.29, 1.82) is 0 Å². The molecule has 0 radical (unpaired) electrons. The van der Waals surface area contributed by atoms with Crippen molar-refractivity contribution in [3.05, 3.63) is 35.1 Å². The van der Waals surface area contributed by atoms with Crippen LogP contribution in [-0.2, 0) is 9.59 Å². The van der Waals surface area contributed by atoms with Crippen molar-refractivity contribution in [2.75, 3.05) is 13.1 Å². The van der Waals surface area contributed by atoms with E-state index in [1.54, 1.807) is 13.0 Å². The number of halogens is 1. The largest absolute Gasteiger partial charge is 0.350 e. The molecule has 5 atom stereocenters.